The average molecular weight is 251 g/mol. The Kier molecular flexibility index (Phi) is 3.72. The quantitative estimate of drug-likeness (QED) is 0.847. The summed E-state index contributed by atoms with van der Waals surface area (Å²) in [5.41, 5.74) is 0.886. The fourth-order valence-corrected chi connectivity index (χ4v) is 2.16. The minimum atomic E-state index is -0.891. The molecule has 1 fully saturated rings. The predicted molar refractivity (Wildman–Crippen MR) is 66.9 cm³/mol. The summed E-state index contributed by atoms with van der Waals surface area (Å²) in [6.45, 7) is 0.618. The lowest BCUT2D eigenvalue weighted by molar-refractivity contribution is -0.149. The Labute approximate surface area is 106 Å². The van der Waals surface area contributed by atoms with E-state index in [0.29, 0.717) is 13.0 Å². The summed E-state index contributed by atoms with van der Waals surface area (Å²) in [6, 6.07) is 6.95. The van der Waals surface area contributed by atoms with Gasteiger partial charge >= 0.3 is 5.97 Å². The van der Waals surface area contributed by atoms with Crippen molar-refractivity contribution in [1.29, 1.82) is 0 Å². The van der Waals surface area contributed by atoms with E-state index in [0.717, 1.165) is 12.1 Å². The van der Waals surface area contributed by atoms with Gasteiger partial charge in [0.2, 0.25) is 0 Å². The monoisotopic (exact) mass is 251 g/mol. The number of hydrogen-bond acceptors (Lipinski definition) is 4. The Morgan fingerprint density at radius 3 is 2.89 bits per heavy atom. The number of likely N-dealkylation sites (N-methyl/N-ethyl adjacent to an activating group) is 1. The zero-order valence-corrected chi connectivity index (χ0v) is 10.2. The number of carboxylic acids is 1. The molecule has 1 aromatic rings. The van der Waals surface area contributed by atoms with Gasteiger partial charge in [-0.3, -0.25) is 0 Å². The van der Waals surface area contributed by atoms with Crippen molar-refractivity contribution in [3.63, 3.8) is 0 Å². The first-order chi connectivity index (χ1) is 8.56. The highest BCUT2D eigenvalue weighted by molar-refractivity contribution is 5.72. The number of rotatable bonds is 4. The van der Waals surface area contributed by atoms with Crippen molar-refractivity contribution in [2.24, 2.45) is 0 Å². The smallest absolute Gasteiger partial charge is 0.332 e. The maximum atomic E-state index is 10.8. The molecule has 18 heavy (non-hydrogen) atoms. The van der Waals surface area contributed by atoms with Crippen molar-refractivity contribution in [2.45, 2.75) is 25.0 Å². The third kappa shape index (κ3) is 2.92. The molecule has 1 saturated heterocycles. The van der Waals surface area contributed by atoms with Crippen LogP contribution >= 0.6 is 0 Å². The number of aliphatic carboxylic acids is 1. The average Bonchev–Trinajstić information content (AvgIpc) is 2.77. The van der Waals surface area contributed by atoms with Gasteiger partial charge in [0.25, 0.3) is 0 Å². The van der Waals surface area contributed by atoms with Crippen LogP contribution in [0.15, 0.2) is 24.3 Å². The third-order valence-corrected chi connectivity index (χ3v) is 3.13. The van der Waals surface area contributed by atoms with Gasteiger partial charge in [0.15, 0.2) is 6.10 Å². The van der Waals surface area contributed by atoms with Gasteiger partial charge in [-0.25, -0.2) is 4.79 Å². The molecule has 2 unspecified atom stereocenters. The van der Waals surface area contributed by atoms with Crippen LogP contribution < -0.4 is 4.90 Å². The van der Waals surface area contributed by atoms with Crippen LogP contribution in [0.1, 0.15) is 12.8 Å². The van der Waals surface area contributed by atoms with Gasteiger partial charge in [-0.1, -0.05) is 6.07 Å². The highest BCUT2D eigenvalue weighted by Gasteiger charge is 2.30. The molecule has 1 aliphatic heterocycles. The van der Waals surface area contributed by atoms with Crippen molar-refractivity contribution >= 4 is 11.7 Å². The lowest BCUT2D eigenvalue weighted by Crippen LogP contribution is -2.30. The van der Waals surface area contributed by atoms with Crippen molar-refractivity contribution in [3.8, 4) is 5.75 Å². The van der Waals surface area contributed by atoms with Crippen LogP contribution in [0.5, 0.6) is 5.75 Å². The highest BCUT2D eigenvalue weighted by Crippen LogP contribution is 2.24. The summed E-state index contributed by atoms with van der Waals surface area (Å²) in [6.07, 6.45) is 0.569. The van der Waals surface area contributed by atoms with E-state index < -0.39 is 12.1 Å². The van der Waals surface area contributed by atoms with Crippen LogP contribution in [0.2, 0.25) is 0 Å². The first kappa shape index (κ1) is 12.7. The molecular formula is C13H17NO4. The van der Waals surface area contributed by atoms with Crippen LogP contribution in [-0.4, -0.2) is 42.0 Å². The SMILES string of the molecule is CN(CC1CCC(C(=O)O)O1)c1cccc(O)c1. The summed E-state index contributed by atoms with van der Waals surface area (Å²) in [7, 11) is 1.90. The molecule has 0 aromatic heterocycles. The molecule has 1 heterocycles. The number of carboxylic acid groups (broad SMARTS) is 1. The second-order valence-corrected chi connectivity index (χ2v) is 4.56. The lowest BCUT2D eigenvalue weighted by Gasteiger charge is -2.23. The molecule has 2 rings (SSSR count). The summed E-state index contributed by atoms with van der Waals surface area (Å²) >= 11 is 0. The van der Waals surface area contributed by atoms with E-state index in [4.69, 9.17) is 9.84 Å². The molecule has 0 radical (unpaired) electrons. The van der Waals surface area contributed by atoms with Gasteiger partial charge in [-0.15, -0.1) is 0 Å². The topological polar surface area (TPSA) is 70.0 Å². The standard InChI is InChI=1S/C13H17NO4/c1-14(9-3-2-4-10(15)7-9)8-11-5-6-12(18-11)13(16)17/h2-4,7,11-12,15H,5-6,8H2,1H3,(H,16,17). The van der Waals surface area contributed by atoms with Crippen molar-refractivity contribution < 1.29 is 19.7 Å². The molecule has 2 atom stereocenters. The first-order valence-electron chi connectivity index (χ1n) is 5.94. The number of aromatic hydroxyl groups is 1. The van der Waals surface area contributed by atoms with E-state index >= 15 is 0 Å². The Morgan fingerprint density at radius 1 is 1.50 bits per heavy atom. The fraction of sp³-hybridized carbons (Fsp3) is 0.462. The summed E-state index contributed by atoms with van der Waals surface area (Å²) in [4.78, 5) is 12.7. The minimum Gasteiger partial charge on any atom is -0.508 e. The van der Waals surface area contributed by atoms with Gasteiger partial charge in [0.05, 0.1) is 6.10 Å². The van der Waals surface area contributed by atoms with Gasteiger partial charge in [0, 0.05) is 25.3 Å². The van der Waals surface area contributed by atoms with Crippen LogP contribution in [0.3, 0.4) is 0 Å². The van der Waals surface area contributed by atoms with Crippen molar-refractivity contribution in [3.05, 3.63) is 24.3 Å². The molecular weight excluding hydrogens is 234 g/mol. The largest absolute Gasteiger partial charge is 0.508 e. The molecule has 0 spiro atoms. The first-order valence-corrected chi connectivity index (χ1v) is 5.94. The Bertz CT molecular complexity index is 435. The fourth-order valence-electron chi connectivity index (χ4n) is 2.16. The number of phenols is 1. The second kappa shape index (κ2) is 5.27. The second-order valence-electron chi connectivity index (χ2n) is 4.56. The number of hydrogen-bond donors (Lipinski definition) is 2. The van der Waals surface area contributed by atoms with E-state index in [-0.39, 0.29) is 11.9 Å². The van der Waals surface area contributed by atoms with Crippen LogP contribution in [0.4, 0.5) is 5.69 Å². The molecule has 0 bridgehead atoms. The van der Waals surface area contributed by atoms with Crippen molar-refractivity contribution in [1.82, 2.24) is 0 Å². The van der Waals surface area contributed by atoms with Gasteiger partial charge < -0.3 is 19.8 Å². The molecule has 0 saturated carbocycles. The number of benzene rings is 1. The molecule has 0 amide bonds. The predicted octanol–water partition coefficient (Wildman–Crippen LogP) is 1.46. The summed E-state index contributed by atoms with van der Waals surface area (Å²) in [5.74, 6) is -0.674. The summed E-state index contributed by atoms with van der Waals surface area (Å²) < 4.78 is 5.44. The Hall–Kier alpha value is -1.75. The molecule has 2 N–H and O–H groups in total. The van der Waals surface area contributed by atoms with Crippen LogP contribution in [0.25, 0.3) is 0 Å². The number of carbonyl (C=O) groups is 1. The molecule has 5 heteroatoms. The normalized spacial score (nSPS) is 22.9. The van der Waals surface area contributed by atoms with Crippen LogP contribution in [0, 0.1) is 0 Å². The number of anilines is 1. The number of nitrogens with zero attached hydrogens (tertiary/aromatic N) is 1. The lowest BCUT2D eigenvalue weighted by atomic mass is 10.2. The Morgan fingerprint density at radius 2 is 2.28 bits per heavy atom. The molecule has 5 nitrogen and oxygen atoms in total. The number of phenolic OH excluding ortho intramolecular Hbond substituents is 1. The minimum absolute atomic E-state index is 0.0709. The van der Waals surface area contributed by atoms with E-state index in [1.165, 1.54) is 0 Å². The summed E-state index contributed by atoms with van der Waals surface area (Å²) in [5, 5.41) is 18.2. The number of ether oxygens (including phenoxy) is 1. The third-order valence-electron chi connectivity index (χ3n) is 3.13. The van der Waals surface area contributed by atoms with E-state index in [1.807, 2.05) is 18.0 Å². The maximum Gasteiger partial charge on any atom is 0.332 e. The Balaban J connectivity index is 1.92. The van der Waals surface area contributed by atoms with E-state index in [9.17, 15) is 9.90 Å². The molecule has 98 valence electrons. The highest BCUT2D eigenvalue weighted by atomic mass is 16.5. The molecule has 1 aliphatic rings. The van der Waals surface area contributed by atoms with Gasteiger partial charge in [0.1, 0.15) is 5.75 Å². The van der Waals surface area contributed by atoms with Crippen LogP contribution in [-0.2, 0) is 9.53 Å². The van der Waals surface area contributed by atoms with Gasteiger partial charge in [-0.05, 0) is 25.0 Å². The molecule has 0 aliphatic carbocycles. The zero-order valence-electron chi connectivity index (χ0n) is 10.2. The van der Waals surface area contributed by atoms with Gasteiger partial charge in [-0.2, -0.15) is 0 Å². The molecule has 1 aromatic carbocycles. The van der Waals surface area contributed by atoms with Crippen molar-refractivity contribution in [2.75, 3.05) is 18.5 Å². The van der Waals surface area contributed by atoms with E-state index in [2.05, 4.69) is 0 Å². The van der Waals surface area contributed by atoms with E-state index in [1.54, 1.807) is 18.2 Å². The zero-order chi connectivity index (χ0) is 13.1. The maximum absolute atomic E-state index is 10.8.